The normalized spacial score (nSPS) is 15.9. The van der Waals surface area contributed by atoms with E-state index in [0.717, 1.165) is 29.4 Å². The summed E-state index contributed by atoms with van der Waals surface area (Å²) in [5.41, 5.74) is 2.04. The summed E-state index contributed by atoms with van der Waals surface area (Å²) in [4.78, 5) is 30.9. The van der Waals surface area contributed by atoms with Crippen molar-refractivity contribution < 1.29 is 13.9 Å². The maximum atomic E-state index is 14.5. The number of nitrogens with one attached hydrogen (secondary N) is 2. The fourth-order valence-corrected chi connectivity index (χ4v) is 4.41. The largest absolute Gasteiger partial charge is 0.496 e. The van der Waals surface area contributed by atoms with Crippen LogP contribution in [0.25, 0.3) is 22.4 Å². The predicted octanol–water partition coefficient (Wildman–Crippen LogP) is 4.13. The number of benzene rings is 1. The molecule has 4 aromatic rings. The number of methoxy groups -OCH3 is 1. The van der Waals surface area contributed by atoms with Crippen LogP contribution < -0.4 is 10.1 Å². The molecule has 1 aromatic carbocycles. The van der Waals surface area contributed by atoms with Gasteiger partial charge < -0.3 is 19.9 Å². The van der Waals surface area contributed by atoms with Gasteiger partial charge in [0.05, 0.1) is 18.9 Å². The number of para-hydroxylation sites is 1. The summed E-state index contributed by atoms with van der Waals surface area (Å²) in [5.74, 6) is 0.736. The average Bonchev–Trinajstić information content (AvgIpc) is 3.32. The Bertz CT molecular complexity index is 1320. The van der Waals surface area contributed by atoms with Gasteiger partial charge in [-0.15, -0.1) is 0 Å². The molecule has 34 heavy (non-hydrogen) atoms. The number of H-pyrrole nitrogens is 1. The smallest absolute Gasteiger partial charge is 0.257 e. The zero-order chi connectivity index (χ0) is 23.5. The minimum atomic E-state index is -0.514. The number of ether oxygens (including phenoxy) is 1. The first-order valence-corrected chi connectivity index (χ1v) is 11.2. The van der Waals surface area contributed by atoms with Gasteiger partial charge in [-0.1, -0.05) is 12.1 Å². The SMILES string of the molecule is COc1ccccc1C(=O)N1CCC[C@@H](CNc2nc(-c3c[nH]c4ncccc34)ncc2F)C1. The lowest BCUT2D eigenvalue weighted by Gasteiger charge is -2.33. The van der Waals surface area contributed by atoms with Crippen molar-refractivity contribution in [2.45, 2.75) is 12.8 Å². The lowest BCUT2D eigenvalue weighted by molar-refractivity contribution is 0.0677. The molecule has 0 unspecified atom stereocenters. The Morgan fingerprint density at radius 3 is 3.03 bits per heavy atom. The number of carbonyl (C=O) groups excluding carboxylic acids is 1. The van der Waals surface area contributed by atoms with Crippen LogP contribution >= 0.6 is 0 Å². The number of amides is 1. The Labute approximate surface area is 196 Å². The van der Waals surface area contributed by atoms with Crippen molar-refractivity contribution in [1.29, 1.82) is 0 Å². The minimum Gasteiger partial charge on any atom is -0.496 e. The summed E-state index contributed by atoms with van der Waals surface area (Å²) >= 11 is 0. The van der Waals surface area contributed by atoms with Gasteiger partial charge in [0.25, 0.3) is 5.91 Å². The summed E-state index contributed by atoms with van der Waals surface area (Å²) in [6, 6.07) is 11.0. The Morgan fingerprint density at radius 1 is 1.26 bits per heavy atom. The number of carbonyl (C=O) groups is 1. The number of aromatic nitrogens is 4. The highest BCUT2D eigenvalue weighted by Gasteiger charge is 2.26. The summed E-state index contributed by atoms with van der Waals surface area (Å²) in [5, 5.41) is 4.01. The van der Waals surface area contributed by atoms with E-state index >= 15 is 0 Å². The van der Waals surface area contributed by atoms with Gasteiger partial charge >= 0.3 is 0 Å². The summed E-state index contributed by atoms with van der Waals surface area (Å²) in [7, 11) is 1.56. The molecule has 9 heteroatoms. The van der Waals surface area contributed by atoms with E-state index in [1.165, 1.54) is 6.20 Å². The van der Waals surface area contributed by atoms with E-state index in [1.807, 2.05) is 29.2 Å². The molecule has 1 fully saturated rings. The van der Waals surface area contributed by atoms with Gasteiger partial charge in [-0.25, -0.2) is 19.3 Å². The van der Waals surface area contributed by atoms with E-state index in [4.69, 9.17) is 4.74 Å². The highest BCUT2D eigenvalue weighted by atomic mass is 19.1. The van der Waals surface area contributed by atoms with E-state index in [2.05, 4.69) is 25.3 Å². The van der Waals surface area contributed by atoms with Gasteiger partial charge in [-0.2, -0.15) is 0 Å². The number of hydrogen-bond donors (Lipinski definition) is 2. The highest BCUT2D eigenvalue weighted by molar-refractivity contribution is 5.97. The Morgan fingerprint density at radius 2 is 2.15 bits per heavy atom. The molecule has 3 aromatic heterocycles. The lowest BCUT2D eigenvalue weighted by atomic mass is 9.97. The van der Waals surface area contributed by atoms with Gasteiger partial charge in [0.15, 0.2) is 17.5 Å². The number of halogens is 1. The number of rotatable bonds is 6. The molecule has 0 aliphatic carbocycles. The summed E-state index contributed by atoms with van der Waals surface area (Å²) < 4.78 is 19.9. The topological polar surface area (TPSA) is 96.0 Å². The number of piperidine rings is 1. The van der Waals surface area contributed by atoms with E-state index in [1.54, 1.807) is 31.6 Å². The zero-order valence-electron chi connectivity index (χ0n) is 18.8. The number of hydrogen-bond acceptors (Lipinski definition) is 6. The molecule has 4 heterocycles. The monoisotopic (exact) mass is 460 g/mol. The van der Waals surface area contributed by atoms with Crippen molar-refractivity contribution in [3.05, 3.63) is 66.4 Å². The Balaban J connectivity index is 1.28. The molecular weight excluding hydrogens is 435 g/mol. The van der Waals surface area contributed by atoms with Crippen LogP contribution in [-0.4, -0.2) is 57.5 Å². The molecule has 0 radical (unpaired) electrons. The second-order valence-corrected chi connectivity index (χ2v) is 8.33. The Kier molecular flexibility index (Phi) is 6.07. The van der Waals surface area contributed by atoms with Gasteiger partial charge in [-0.05, 0) is 43.0 Å². The summed E-state index contributed by atoms with van der Waals surface area (Å²) in [6.45, 7) is 1.77. The zero-order valence-corrected chi connectivity index (χ0v) is 18.8. The number of aromatic amines is 1. The molecule has 1 aliphatic rings. The van der Waals surface area contributed by atoms with Gasteiger partial charge in [-0.3, -0.25) is 4.79 Å². The second-order valence-electron chi connectivity index (χ2n) is 8.33. The third-order valence-corrected chi connectivity index (χ3v) is 6.14. The van der Waals surface area contributed by atoms with Crippen molar-refractivity contribution in [3.8, 4) is 17.1 Å². The maximum absolute atomic E-state index is 14.5. The molecule has 1 atom stereocenters. The second kappa shape index (κ2) is 9.46. The van der Waals surface area contributed by atoms with E-state index in [-0.39, 0.29) is 17.6 Å². The summed E-state index contributed by atoms with van der Waals surface area (Å²) in [6.07, 6.45) is 6.48. The van der Waals surface area contributed by atoms with Gasteiger partial charge in [0, 0.05) is 43.0 Å². The third-order valence-electron chi connectivity index (χ3n) is 6.14. The molecule has 174 valence electrons. The molecule has 2 N–H and O–H groups in total. The van der Waals surface area contributed by atoms with Crippen molar-refractivity contribution in [2.75, 3.05) is 32.1 Å². The molecule has 1 saturated heterocycles. The molecule has 0 spiro atoms. The average molecular weight is 461 g/mol. The molecule has 0 saturated carbocycles. The quantitative estimate of drug-likeness (QED) is 0.449. The van der Waals surface area contributed by atoms with Crippen LogP contribution in [0.4, 0.5) is 10.2 Å². The number of fused-ring (bicyclic) bond motifs is 1. The number of anilines is 1. The van der Waals surface area contributed by atoms with Crippen molar-refractivity contribution >= 4 is 22.8 Å². The van der Waals surface area contributed by atoms with Gasteiger partial charge in [0.2, 0.25) is 0 Å². The lowest BCUT2D eigenvalue weighted by Crippen LogP contribution is -2.42. The van der Waals surface area contributed by atoms with Crippen LogP contribution in [-0.2, 0) is 0 Å². The molecule has 5 rings (SSSR count). The van der Waals surface area contributed by atoms with E-state index in [0.29, 0.717) is 36.8 Å². The Hall–Kier alpha value is -4.01. The first-order chi connectivity index (χ1) is 16.6. The van der Waals surface area contributed by atoms with Crippen LogP contribution in [0.3, 0.4) is 0 Å². The third kappa shape index (κ3) is 4.28. The first-order valence-electron chi connectivity index (χ1n) is 11.2. The number of nitrogens with zero attached hydrogens (tertiary/aromatic N) is 4. The van der Waals surface area contributed by atoms with Crippen molar-refractivity contribution in [2.24, 2.45) is 5.92 Å². The van der Waals surface area contributed by atoms with Gasteiger partial charge in [0.1, 0.15) is 11.4 Å². The van der Waals surface area contributed by atoms with Crippen LogP contribution in [0.2, 0.25) is 0 Å². The number of pyridine rings is 1. The molecule has 8 nitrogen and oxygen atoms in total. The van der Waals surface area contributed by atoms with Crippen molar-refractivity contribution in [1.82, 2.24) is 24.8 Å². The van der Waals surface area contributed by atoms with Crippen molar-refractivity contribution in [3.63, 3.8) is 0 Å². The van der Waals surface area contributed by atoms with E-state index in [9.17, 15) is 9.18 Å². The number of likely N-dealkylation sites (tertiary alicyclic amines) is 1. The minimum absolute atomic E-state index is 0.0504. The molecule has 1 aliphatic heterocycles. The molecular formula is C25H25FN6O2. The van der Waals surface area contributed by atoms with Crippen LogP contribution in [0.1, 0.15) is 23.2 Å². The molecule has 1 amide bonds. The first kappa shape index (κ1) is 21.8. The van der Waals surface area contributed by atoms with Crippen LogP contribution in [0.5, 0.6) is 5.75 Å². The van der Waals surface area contributed by atoms with Crippen LogP contribution in [0.15, 0.2) is 55.0 Å². The fourth-order valence-electron chi connectivity index (χ4n) is 4.41. The maximum Gasteiger partial charge on any atom is 0.257 e. The fraction of sp³-hybridized carbons (Fsp3) is 0.280. The highest BCUT2D eigenvalue weighted by Crippen LogP contribution is 2.27. The van der Waals surface area contributed by atoms with E-state index < -0.39 is 5.82 Å². The predicted molar refractivity (Wildman–Crippen MR) is 127 cm³/mol. The molecule has 0 bridgehead atoms. The van der Waals surface area contributed by atoms with Crippen LogP contribution in [0, 0.1) is 11.7 Å². The standard InChI is InChI=1S/C25H25FN6O2/c1-34-21-9-3-2-7-18(21)25(33)32-11-5-6-16(15-32)12-28-24-20(26)14-30-23(31-24)19-13-29-22-17(19)8-4-10-27-22/h2-4,7-10,13-14,16H,5-6,11-12,15H2,1H3,(H,27,29)(H,28,30,31)/t16-/m0/s1.